The number of fused-ring (bicyclic) bond motifs is 5. The topological polar surface area (TPSA) is 72.9 Å². The number of carbonyl (C=O) groups excluding carboxylic acids is 3. The minimum absolute atomic E-state index is 0.252. The van der Waals surface area contributed by atoms with Crippen molar-refractivity contribution in [2.75, 3.05) is 26.3 Å². The molecule has 1 saturated carbocycles. The quantitative estimate of drug-likeness (QED) is 0.258. The van der Waals surface area contributed by atoms with Gasteiger partial charge in [-0.05, 0) is 48.0 Å². The first-order chi connectivity index (χ1) is 16.4. The molecule has 172 valence electrons. The van der Waals surface area contributed by atoms with Crippen molar-refractivity contribution in [3.05, 3.63) is 77.6 Å². The average molecular weight is 459 g/mol. The Bertz CT molecular complexity index is 1360. The Morgan fingerprint density at radius 1 is 1.00 bits per heavy atom. The normalized spacial score (nSPS) is 27.5. The van der Waals surface area contributed by atoms with E-state index in [-0.39, 0.29) is 11.3 Å². The summed E-state index contributed by atoms with van der Waals surface area (Å²) in [6, 6.07) is 16.4. The average Bonchev–Trinajstić information content (AvgIpc) is 3.46. The summed E-state index contributed by atoms with van der Waals surface area (Å²) >= 11 is 0. The van der Waals surface area contributed by atoms with Crippen molar-refractivity contribution in [2.45, 2.75) is 12.8 Å². The fraction of sp³-hybridized carbons (Fsp3) is 0.296. The van der Waals surface area contributed by atoms with Crippen LogP contribution in [0.3, 0.4) is 0 Å². The lowest BCUT2D eigenvalue weighted by Crippen LogP contribution is -2.50. The number of morpholine rings is 1. The molecule has 0 bridgehead atoms. The van der Waals surface area contributed by atoms with Crippen molar-refractivity contribution in [1.82, 2.24) is 4.90 Å². The Kier molecular flexibility index (Phi) is 4.45. The molecule has 1 aliphatic carbocycles. The maximum Gasteiger partial charge on any atom is 0.328 e. The van der Waals surface area contributed by atoms with Gasteiger partial charge in [0.2, 0.25) is 5.91 Å². The molecular formula is C27H22FNO5. The number of halogens is 1. The molecule has 3 aromatic carbocycles. The van der Waals surface area contributed by atoms with Gasteiger partial charge in [-0.3, -0.25) is 14.4 Å². The van der Waals surface area contributed by atoms with Crippen LogP contribution >= 0.6 is 0 Å². The van der Waals surface area contributed by atoms with E-state index in [4.69, 9.17) is 9.47 Å². The molecule has 6 rings (SSSR count). The zero-order valence-corrected chi connectivity index (χ0v) is 18.5. The lowest BCUT2D eigenvalue weighted by atomic mass is 9.86. The molecule has 3 aromatic rings. The van der Waals surface area contributed by atoms with Crippen LogP contribution in [-0.2, 0) is 14.3 Å². The lowest BCUT2D eigenvalue weighted by molar-refractivity contribution is -0.156. The van der Waals surface area contributed by atoms with Crippen LogP contribution in [-0.4, -0.2) is 48.9 Å². The number of esters is 1. The molecule has 0 N–H and O–H groups in total. The fourth-order valence-corrected chi connectivity index (χ4v) is 5.96. The van der Waals surface area contributed by atoms with Crippen molar-refractivity contribution < 1.29 is 28.2 Å². The summed E-state index contributed by atoms with van der Waals surface area (Å²) in [7, 11) is 0. The Morgan fingerprint density at radius 2 is 1.71 bits per heavy atom. The van der Waals surface area contributed by atoms with E-state index >= 15 is 0 Å². The molecular weight excluding hydrogens is 437 g/mol. The maximum absolute atomic E-state index is 14.0. The van der Waals surface area contributed by atoms with E-state index in [1.165, 1.54) is 24.3 Å². The molecule has 2 fully saturated rings. The summed E-state index contributed by atoms with van der Waals surface area (Å²) in [5, 5.41) is 1.77. The molecule has 7 heteroatoms. The van der Waals surface area contributed by atoms with Crippen molar-refractivity contribution >= 4 is 28.4 Å². The van der Waals surface area contributed by atoms with Crippen LogP contribution in [0.4, 0.5) is 4.39 Å². The van der Waals surface area contributed by atoms with Gasteiger partial charge in [-0.2, -0.15) is 0 Å². The molecule has 0 radical (unpaired) electrons. The third-order valence-corrected chi connectivity index (χ3v) is 7.70. The highest BCUT2D eigenvalue weighted by molar-refractivity contribution is 6.22. The Hall–Kier alpha value is -3.58. The highest BCUT2D eigenvalue weighted by Crippen LogP contribution is 2.79. The molecule has 0 spiro atoms. The molecule has 1 amide bonds. The summed E-state index contributed by atoms with van der Waals surface area (Å²) < 4.78 is 24.8. The summed E-state index contributed by atoms with van der Waals surface area (Å²) in [4.78, 5) is 43.2. The van der Waals surface area contributed by atoms with E-state index in [2.05, 4.69) is 0 Å². The number of ketones is 1. The third kappa shape index (κ3) is 2.56. The van der Waals surface area contributed by atoms with Crippen LogP contribution in [0, 0.1) is 16.6 Å². The minimum Gasteiger partial charge on any atom is -0.425 e. The first-order valence-electron chi connectivity index (χ1n) is 11.3. The first kappa shape index (κ1) is 21.0. The molecule has 1 saturated heterocycles. The van der Waals surface area contributed by atoms with E-state index in [1.54, 1.807) is 17.9 Å². The fourth-order valence-electron chi connectivity index (χ4n) is 5.96. The first-order valence-corrected chi connectivity index (χ1v) is 11.3. The number of benzene rings is 3. The van der Waals surface area contributed by atoms with Gasteiger partial charge in [0.1, 0.15) is 11.6 Å². The van der Waals surface area contributed by atoms with E-state index in [9.17, 15) is 18.8 Å². The SMILES string of the molecule is C[C@]1(C(=O)c2ccc(F)cc2)[C@H]2c3c(ccc4ccccc34)OC(=O)[C@]21C(=O)N1CCOCC1. The predicted octanol–water partition coefficient (Wildman–Crippen LogP) is 3.73. The number of amides is 1. The second kappa shape index (κ2) is 7.21. The van der Waals surface area contributed by atoms with Gasteiger partial charge >= 0.3 is 5.97 Å². The predicted molar refractivity (Wildman–Crippen MR) is 121 cm³/mol. The number of carbonyl (C=O) groups is 3. The highest BCUT2D eigenvalue weighted by atomic mass is 19.1. The number of hydrogen-bond donors (Lipinski definition) is 0. The van der Waals surface area contributed by atoms with E-state index in [0.717, 1.165) is 10.8 Å². The van der Waals surface area contributed by atoms with Crippen molar-refractivity contribution in [3.63, 3.8) is 0 Å². The molecule has 0 unspecified atom stereocenters. The summed E-state index contributed by atoms with van der Waals surface area (Å²) in [5.41, 5.74) is -2.13. The van der Waals surface area contributed by atoms with E-state index < -0.39 is 34.4 Å². The van der Waals surface area contributed by atoms with Crippen molar-refractivity contribution in [3.8, 4) is 5.75 Å². The largest absolute Gasteiger partial charge is 0.425 e. The van der Waals surface area contributed by atoms with Crippen LogP contribution in [0.5, 0.6) is 5.75 Å². The standard InChI is InChI=1S/C27H22FNO5/c1-26(23(30)17-6-9-18(28)10-7-17)22-21-19-5-3-2-4-16(19)8-11-20(21)34-25(32)27(22,26)24(31)29-12-14-33-15-13-29/h2-11,22H,12-15H2,1H3/t22-,26-,27-/m1/s1. The summed E-state index contributed by atoms with van der Waals surface area (Å²) in [6.45, 7) is 3.07. The van der Waals surface area contributed by atoms with E-state index in [1.807, 2.05) is 30.3 Å². The van der Waals surface area contributed by atoms with Crippen LogP contribution < -0.4 is 4.74 Å². The van der Waals surface area contributed by atoms with Crippen LogP contribution in [0.1, 0.15) is 28.8 Å². The second-order valence-corrected chi connectivity index (χ2v) is 9.27. The van der Waals surface area contributed by atoms with Gasteiger partial charge in [0.05, 0.1) is 18.6 Å². The smallest absolute Gasteiger partial charge is 0.328 e. The molecule has 0 aromatic heterocycles. The highest BCUT2D eigenvalue weighted by Gasteiger charge is 2.88. The lowest BCUT2D eigenvalue weighted by Gasteiger charge is -2.32. The van der Waals surface area contributed by atoms with Gasteiger partial charge in [-0.25, -0.2) is 4.39 Å². The van der Waals surface area contributed by atoms with Crippen LogP contribution in [0.25, 0.3) is 10.8 Å². The number of Topliss-reactive ketones (excluding diaryl/α,β-unsaturated/α-hetero) is 1. The van der Waals surface area contributed by atoms with Gasteiger partial charge < -0.3 is 14.4 Å². The van der Waals surface area contributed by atoms with Gasteiger partial charge in [0.25, 0.3) is 0 Å². The van der Waals surface area contributed by atoms with Crippen molar-refractivity contribution in [1.29, 1.82) is 0 Å². The van der Waals surface area contributed by atoms with E-state index in [0.29, 0.717) is 37.6 Å². The Morgan fingerprint density at radius 3 is 2.44 bits per heavy atom. The van der Waals surface area contributed by atoms with Gasteiger partial charge in [-0.1, -0.05) is 30.3 Å². The van der Waals surface area contributed by atoms with Gasteiger partial charge in [-0.15, -0.1) is 0 Å². The summed E-state index contributed by atoms with van der Waals surface area (Å²) in [5.74, 6) is -2.30. The molecule has 2 aliphatic heterocycles. The zero-order chi connectivity index (χ0) is 23.7. The maximum atomic E-state index is 14.0. The molecule has 2 heterocycles. The number of nitrogens with zero attached hydrogens (tertiary/aromatic N) is 1. The van der Waals surface area contributed by atoms with Crippen LogP contribution in [0.2, 0.25) is 0 Å². The Balaban J connectivity index is 1.57. The van der Waals surface area contributed by atoms with Gasteiger partial charge in [0, 0.05) is 30.1 Å². The molecule has 6 nitrogen and oxygen atoms in total. The molecule has 34 heavy (non-hydrogen) atoms. The number of ether oxygens (including phenoxy) is 2. The van der Waals surface area contributed by atoms with Crippen LogP contribution in [0.15, 0.2) is 60.7 Å². The molecule has 3 aliphatic rings. The van der Waals surface area contributed by atoms with Crippen molar-refractivity contribution in [2.24, 2.45) is 10.8 Å². The zero-order valence-electron chi connectivity index (χ0n) is 18.5. The third-order valence-electron chi connectivity index (χ3n) is 7.70. The molecule has 3 atom stereocenters. The summed E-state index contributed by atoms with van der Waals surface area (Å²) in [6.07, 6.45) is 0. The number of hydrogen-bond acceptors (Lipinski definition) is 5. The Labute approximate surface area is 195 Å². The monoisotopic (exact) mass is 459 g/mol. The number of rotatable bonds is 3. The van der Waals surface area contributed by atoms with Gasteiger partial charge in [0.15, 0.2) is 11.2 Å². The second-order valence-electron chi connectivity index (χ2n) is 9.27. The minimum atomic E-state index is -1.69.